The third kappa shape index (κ3) is 10.4. The molecule has 1 N–H and O–H groups in total. The lowest BCUT2D eigenvalue weighted by molar-refractivity contribution is -0.294. The summed E-state index contributed by atoms with van der Waals surface area (Å²) in [5.74, 6) is -2.83. The van der Waals surface area contributed by atoms with Crippen LogP contribution >= 0.6 is 0 Å². The summed E-state index contributed by atoms with van der Waals surface area (Å²) in [5.41, 5.74) is 1.28. The number of ether oxygens (including phenoxy) is 7. The Hall–Kier alpha value is -6.42. The number of carbonyl (C=O) groups excluding carboxylic acids is 3. The molecule has 1 aliphatic rings. The lowest BCUT2D eigenvalue weighted by atomic mass is 9.97. The number of rotatable bonds is 17. The minimum atomic E-state index is -1.41. The lowest BCUT2D eigenvalue weighted by Gasteiger charge is -2.44. The van der Waals surface area contributed by atoms with Crippen molar-refractivity contribution in [3.05, 3.63) is 149 Å². The minimum absolute atomic E-state index is 0.0176. The van der Waals surface area contributed by atoms with Gasteiger partial charge in [0.25, 0.3) is 0 Å². The highest BCUT2D eigenvalue weighted by Crippen LogP contribution is 2.31. The molecule has 15 nitrogen and oxygen atoms in total. The molecule has 0 amide bonds. The number of aromatic carboxylic acids is 1. The molecular weight excluding hydrogens is 726 g/mol. The fourth-order valence-electron chi connectivity index (χ4n) is 5.83. The number of hydrogen-bond donors (Lipinski definition) is 1. The first kappa shape index (κ1) is 39.3. The van der Waals surface area contributed by atoms with E-state index in [2.05, 4.69) is 10.3 Å². The van der Waals surface area contributed by atoms with Crippen molar-refractivity contribution in [3.63, 3.8) is 0 Å². The van der Waals surface area contributed by atoms with Crippen LogP contribution in [-0.2, 0) is 41.6 Å². The zero-order chi connectivity index (χ0) is 39.3. The summed E-state index contributed by atoms with van der Waals surface area (Å²) in [6.07, 6.45) is -4.24. The van der Waals surface area contributed by atoms with Gasteiger partial charge in [-0.3, -0.25) is 4.68 Å². The molecule has 1 aromatic heterocycles. The van der Waals surface area contributed by atoms with Crippen LogP contribution in [0.25, 0.3) is 0 Å². The molecular formula is C41H39N3O12. The van der Waals surface area contributed by atoms with Gasteiger partial charge in [-0.15, -0.1) is 5.10 Å². The number of esters is 3. The number of hydrogen-bond acceptors (Lipinski definition) is 13. The molecule has 4 aromatic carbocycles. The molecule has 0 unspecified atom stereocenters. The molecule has 1 aliphatic heterocycles. The van der Waals surface area contributed by atoms with Gasteiger partial charge in [0, 0.05) is 20.1 Å². The molecule has 5 atom stereocenters. The Morgan fingerprint density at radius 2 is 1.27 bits per heavy atom. The maximum atomic E-state index is 13.6. The van der Waals surface area contributed by atoms with Gasteiger partial charge in [-0.05, 0) is 54.6 Å². The lowest BCUT2D eigenvalue weighted by Crippen LogP contribution is -2.62. The smallest absolute Gasteiger partial charge is 0.338 e. The van der Waals surface area contributed by atoms with E-state index in [0.29, 0.717) is 31.0 Å². The second kappa shape index (κ2) is 19.3. The topological polar surface area (TPSA) is 184 Å². The summed E-state index contributed by atoms with van der Waals surface area (Å²) in [4.78, 5) is 51.7. The first-order valence-corrected chi connectivity index (χ1v) is 17.7. The maximum absolute atomic E-state index is 13.6. The standard InChI is InChI=1S/C41H39N3O12/c1-50-41-36(56-40(49)29-17-9-4-10-18-29)35(55-39(48)28-15-7-3-8-16-28)34(54-38(47)27-13-5-2-6-14-27)33(53-41)26-51-25-31-24-44(43-42-31)21-12-22-52-32-20-11-19-30(23-32)37(45)46/h2-11,13-20,23-24,33-36,41H,12,21-22,25-26H2,1H3,(H,45,46)/t33-,34-,35+,36-,41+/m1/s1. The number of benzene rings is 4. The van der Waals surface area contributed by atoms with Gasteiger partial charge in [0.05, 0.1) is 48.3 Å². The van der Waals surface area contributed by atoms with E-state index >= 15 is 0 Å². The summed E-state index contributed by atoms with van der Waals surface area (Å²) >= 11 is 0. The molecule has 2 heterocycles. The molecule has 15 heteroatoms. The van der Waals surface area contributed by atoms with Crippen molar-refractivity contribution in [3.8, 4) is 5.75 Å². The van der Waals surface area contributed by atoms with E-state index in [1.54, 1.807) is 114 Å². The van der Waals surface area contributed by atoms with Gasteiger partial charge >= 0.3 is 23.9 Å². The predicted molar refractivity (Wildman–Crippen MR) is 196 cm³/mol. The molecule has 56 heavy (non-hydrogen) atoms. The molecule has 0 spiro atoms. The molecule has 1 fully saturated rings. The van der Waals surface area contributed by atoms with Gasteiger partial charge in [-0.1, -0.05) is 65.9 Å². The Kier molecular flexibility index (Phi) is 13.5. The van der Waals surface area contributed by atoms with Crippen LogP contribution in [-0.4, -0.2) is 95.0 Å². The molecule has 0 saturated carbocycles. The van der Waals surface area contributed by atoms with Gasteiger partial charge in [0.2, 0.25) is 0 Å². The van der Waals surface area contributed by atoms with Gasteiger partial charge in [0.15, 0.2) is 24.6 Å². The zero-order valence-corrected chi connectivity index (χ0v) is 30.2. The molecule has 0 aliphatic carbocycles. The highest BCUT2D eigenvalue weighted by Gasteiger charge is 2.53. The summed E-state index contributed by atoms with van der Waals surface area (Å²) in [6, 6.07) is 30.9. The van der Waals surface area contributed by atoms with E-state index in [4.69, 9.17) is 33.2 Å². The zero-order valence-electron chi connectivity index (χ0n) is 30.2. The number of carboxylic acids is 1. The van der Waals surface area contributed by atoms with Crippen molar-refractivity contribution >= 4 is 23.9 Å². The molecule has 0 bridgehead atoms. The monoisotopic (exact) mass is 765 g/mol. The van der Waals surface area contributed by atoms with Crippen LogP contribution in [0.3, 0.4) is 0 Å². The van der Waals surface area contributed by atoms with Crippen molar-refractivity contribution < 1.29 is 57.4 Å². The van der Waals surface area contributed by atoms with Crippen LogP contribution in [0.5, 0.6) is 5.75 Å². The summed E-state index contributed by atoms with van der Waals surface area (Å²) < 4.78 is 43.1. The van der Waals surface area contributed by atoms with Gasteiger partial charge in [0.1, 0.15) is 17.5 Å². The Bertz CT molecular complexity index is 2060. The van der Waals surface area contributed by atoms with E-state index in [9.17, 15) is 24.3 Å². The van der Waals surface area contributed by atoms with E-state index in [0.717, 1.165) is 0 Å². The number of carboxylic acid groups (broad SMARTS) is 1. The average molecular weight is 766 g/mol. The molecule has 0 radical (unpaired) electrons. The fourth-order valence-corrected chi connectivity index (χ4v) is 5.83. The summed E-state index contributed by atoms with van der Waals surface area (Å²) in [5, 5.41) is 17.5. The number of aryl methyl sites for hydroxylation is 1. The SMILES string of the molecule is CO[C@H]1O[C@H](COCc2cn(CCCOc3cccc(C(=O)O)c3)nn2)[C@@H](OC(=O)c2ccccc2)[C@H](OC(=O)c2ccccc2)[C@H]1OC(=O)c1ccccc1. The number of carbonyl (C=O) groups is 4. The third-order valence-corrected chi connectivity index (χ3v) is 8.58. The predicted octanol–water partition coefficient (Wildman–Crippen LogP) is 5.01. The molecule has 290 valence electrons. The summed E-state index contributed by atoms with van der Waals surface area (Å²) in [7, 11) is 1.34. The minimum Gasteiger partial charge on any atom is -0.494 e. The largest absolute Gasteiger partial charge is 0.494 e. The van der Waals surface area contributed by atoms with Crippen molar-refractivity contribution in [1.29, 1.82) is 0 Å². The first-order chi connectivity index (χ1) is 27.3. The Morgan fingerprint density at radius 1 is 0.714 bits per heavy atom. The van der Waals surface area contributed by atoms with Gasteiger partial charge < -0.3 is 38.3 Å². The number of methoxy groups -OCH3 is 1. The van der Waals surface area contributed by atoms with Crippen LogP contribution in [0.2, 0.25) is 0 Å². The average Bonchev–Trinajstić information content (AvgIpc) is 3.69. The van der Waals surface area contributed by atoms with Crippen LogP contribution in [0, 0.1) is 0 Å². The van der Waals surface area contributed by atoms with Crippen molar-refractivity contribution in [2.45, 2.75) is 50.3 Å². The Labute approximate surface area is 321 Å². The Morgan fingerprint density at radius 3 is 1.84 bits per heavy atom. The Balaban J connectivity index is 1.17. The van der Waals surface area contributed by atoms with E-state index in [1.807, 2.05) is 0 Å². The first-order valence-electron chi connectivity index (χ1n) is 17.7. The van der Waals surface area contributed by atoms with Crippen LogP contribution in [0.4, 0.5) is 0 Å². The van der Waals surface area contributed by atoms with Crippen molar-refractivity contribution in [2.75, 3.05) is 20.3 Å². The molecule has 5 aromatic rings. The fraction of sp³-hybridized carbons (Fsp3) is 0.268. The van der Waals surface area contributed by atoms with Gasteiger partial charge in [-0.2, -0.15) is 0 Å². The molecule has 1 saturated heterocycles. The second-order valence-electron chi connectivity index (χ2n) is 12.5. The van der Waals surface area contributed by atoms with Crippen LogP contribution < -0.4 is 4.74 Å². The number of aromatic nitrogens is 3. The second-order valence-corrected chi connectivity index (χ2v) is 12.5. The number of nitrogens with zero attached hydrogens (tertiary/aromatic N) is 3. The third-order valence-electron chi connectivity index (χ3n) is 8.58. The maximum Gasteiger partial charge on any atom is 0.338 e. The highest BCUT2D eigenvalue weighted by atomic mass is 16.7. The molecule has 6 rings (SSSR count). The van der Waals surface area contributed by atoms with E-state index in [-0.39, 0.29) is 35.5 Å². The quantitative estimate of drug-likeness (QED) is 0.0757. The highest BCUT2D eigenvalue weighted by molar-refractivity contribution is 5.91. The normalized spacial score (nSPS) is 19.1. The van der Waals surface area contributed by atoms with E-state index in [1.165, 1.54) is 19.2 Å². The summed E-state index contributed by atoms with van der Waals surface area (Å²) in [6.45, 7) is 0.564. The van der Waals surface area contributed by atoms with E-state index < -0.39 is 54.6 Å². The van der Waals surface area contributed by atoms with Crippen molar-refractivity contribution in [1.82, 2.24) is 15.0 Å². The van der Waals surface area contributed by atoms with Gasteiger partial charge in [-0.25, -0.2) is 19.2 Å². The van der Waals surface area contributed by atoms with Crippen LogP contribution in [0.15, 0.2) is 121 Å². The van der Waals surface area contributed by atoms with Crippen LogP contribution in [0.1, 0.15) is 53.5 Å². The van der Waals surface area contributed by atoms with Crippen molar-refractivity contribution in [2.24, 2.45) is 0 Å².